The molecule has 0 spiro atoms. The number of sulfonamides is 1. The second-order valence-electron chi connectivity index (χ2n) is 7.89. The van der Waals surface area contributed by atoms with Crippen LogP contribution in [0.2, 0.25) is 5.02 Å². The van der Waals surface area contributed by atoms with Crippen molar-refractivity contribution < 1.29 is 22.3 Å². The fourth-order valence-corrected chi connectivity index (χ4v) is 4.83. The van der Waals surface area contributed by atoms with Crippen LogP contribution in [0, 0.1) is 11.7 Å². The predicted octanol–water partition coefficient (Wildman–Crippen LogP) is 4.22. The number of methoxy groups -OCH3 is 1. The average Bonchev–Trinajstić information content (AvgIpc) is 2.80. The second-order valence-corrected chi connectivity index (χ2v) is 10.3. The molecular formula is C22H24ClFN4O4S. The molecule has 0 bridgehead atoms. The first-order valence-electron chi connectivity index (χ1n) is 10.4. The fraction of sp³-hybridized carbons (Fsp3) is 0.364. The number of benzene rings is 2. The molecule has 11 heteroatoms. The topological polar surface area (TPSA) is 93.7 Å². The highest BCUT2D eigenvalue weighted by molar-refractivity contribution is 7.88. The highest BCUT2D eigenvalue weighted by atomic mass is 35.5. The zero-order valence-corrected chi connectivity index (χ0v) is 19.8. The molecule has 1 fully saturated rings. The van der Waals surface area contributed by atoms with Crippen molar-refractivity contribution in [3.63, 3.8) is 0 Å². The molecule has 3 aromatic rings. The standard InChI is InChI=1S/C22H24ClFN4O4S/c1-31-19-11-18-15(22(26-13-25-18)27-17-5-3-4-16(23)21(17)24)10-20(19)32-12-14-6-8-28(9-7-14)33(2,29)30/h3-5,10-11,13-14H,6-9,12H2,1-2H3,(H,25,26,27). The third-order valence-electron chi connectivity index (χ3n) is 5.64. The number of nitrogens with one attached hydrogen (secondary N) is 1. The molecule has 8 nitrogen and oxygen atoms in total. The Morgan fingerprint density at radius 1 is 1.21 bits per heavy atom. The minimum absolute atomic E-state index is 0.00553. The smallest absolute Gasteiger partial charge is 0.211 e. The van der Waals surface area contributed by atoms with E-state index in [4.69, 9.17) is 21.1 Å². The Morgan fingerprint density at radius 3 is 2.67 bits per heavy atom. The van der Waals surface area contributed by atoms with Crippen LogP contribution >= 0.6 is 11.6 Å². The van der Waals surface area contributed by atoms with Gasteiger partial charge in [0.1, 0.15) is 12.1 Å². The summed E-state index contributed by atoms with van der Waals surface area (Å²) in [6.07, 6.45) is 4.04. The maximum absolute atomic E-state index is 14.4. The van der Waals surface area contributed by atoms with Crippen molar-refractivity contribution in [1.29, 1.82) is 0 Å². The van der Waals surface area contributed by atoms with Crippen molar-refractivity contribution in [2.75, 3.05) is 38.4 Å². The van der Waals surface area contributed by atoms with Gasteiger partial charge in [-0.15, -0.1) is 0 Å². The molecule has 1 saturated heterocycles. The number of halogens is 2. The molecule has 176 valence electrons. The van der Waals surface area contributed by atoms with Gasteiger partial charge in [0.2, 0.25) is 10.0 Å². The lowest BCUT2D eigenvalue weighted by Gasteiger charge is -2.30. The van der Waals surface area contributed by atoms with Crippen LogP contribution in [-0.4, -0.2) is 55.8 Å². The van der Waals surface area contributed by atoms with Crippen molar-refractivity contribution >= 4 is 44.0 Å². The molecule has 1 aliphatic heterocycles. The van der Waals surface area contributed by atoms with Gasteiger partial charge in [0.05, 0.1) is 36.2 Å². The Morgan fingerprint density at radius 2 is 1.97 bits per heavy atom. The number of hydrogen-bond acceptors (Lipinski definition) is 7. The van der Waals surface area contributed by atoms with Gasteiger partial charge in [0.15, 0.2) is 17.3 Å². The number of rotatable bonds is 7. The molecule has 0 aliphatic carbocycles. The molecule has 1 aliphatic rings. The maximum Gasteiger partial charge on any atom is 0.211 e. The van der Waals surface area contributed by atoms with E-state index in [1.54, 1.807) is 31.4 Å². The van der Waals surface area contributed by atoms with Crippen molar-refractivity contribution in [2.45, 2.75) is 12.8 Å². The largest absolute Gasteiger partial charge is 0.493 e. The van der Waals surface area contributed by atoms with Crippen LogP contribution in [0.4, 0.5) is 15.9 Å². The van der Waals surface area contributed by atoms with Crippen LogP contribution in [0.1, 0.15) is 12.8 Å². The molecule has 2 heterocycles. The lowest BCUT2D eigenvalue weighted by Crippen LogP contribution is -2.39. The van der Waals surface area contributed by atoms with E-state index in [9.17, 15) is 12.8 Å². The van der Waals surface area contributed by atoms with E-state index >= 15 is 0 Å². The highest BCUT2D eigenvalue weighted by Crippen LogP contribution is 2.36. The van der Waals surface area contributed by atoms with Crippen molar-refractivity contribution in [2.24, 2.45) is 5.92 Å². The van der Waals surface area contributed by atoms with Crippen molar-refractivity contribution in [1.82, 2.24) is 14.3 Å². The van der Waals surface area contributed by atoms with Gasteiger partial charge in [0, 0.05) is 24.5 Å². The third kappa shape index (κ3) is 5.29. The predicted molar refractivity (Wildman–Crippen MR) is 125 cm³/mol. The van der Waals surface area contributed by atoms with Gasteiger partial charge < -0.3 is 14.8 Å². The van der Waals surface area contributed by atoms with E-state index in [-0.39, 0.29) is 16.6 Å². The van der Waals surface area contributed by atoms with Crippen LogP contribution in [-0.2, 0) is 10.0 Å². The van der Waals surface area contributed by atoms with E-state index < -0.39 is 15.8 Å². The number of aromatic nitrogens is 2. The minimum Gasteiger partial charge on any atom is -0.493 e. The molecule has 1 aromatic heterocycles. The highest BCUT2D eigenvalue weighted by Gasteiger charge is 2.25. The zero-order valence-electron chi connectivity index (χ0n) is 18.2. The Kier molecular flexibility index (Phi) is 6.87. The fourth-order valence-electron chi connectivity index (χ4n) is 3.78. The summed E-state index contributed by atoms with van der Waals surface area (Å²) in [5.41, 5.74) is 0.791. The van der Waals surface area contributed by atoms with Gasteiger partial charge >= 0.3 is 0 Å². The Hall–Kier alpha value is -2.69. The Labute approximate surface area is 196 Å². The Bertz CT molecular complexity index is 1270. The molecule has 1 N–H and O–H groups in total. The SMILES string of the molecule is COc1cc2ncnc(Nc3cccc(Cl)c3F)c2cc1OCC1CCN(S(C)(=O)=O)CC1. The lowest BCUT2D eigenvalue weighted by atomic mass is 9.99. The summed E-state index contributed by atoms with van der Waals surface area (Å²) in [4.78, 5) is 8.55. The molecule has 2 aromatic carbocycles. The number of hydrogen-bond donors (Lipinski definition) is 1. The van der Waals surface area contributed by atoms with Crippen LogP contribution in [0.15, 0.2) is 36.7 Å². The molecule has 0 unspecified atom stereocenters. The van der Waals surface area contributed by atoms with Gasteiger partial charge in [-0.3, -0.25) is 0 Å². The van der Waals surface area contributed by atoms with Crippen LogP contribution in [0.5, 0.6) is 11.5 Å². The molecular weight excluding hydrogens is 471 g/mol. The maximum atomic E-state index is 14.4. The molecule has 0 saturated carbocycles. The van der Waals surface area contributed by atoms with E-state index in [1.165, 1.54) is 23.0 Å². The van der Waals surface area contributed by atoms with Gasteiger partial charge in [-0.05, 0) is 37.0 Å². The Balaban J connectivity index is 1.56. The first kappa shape index (κ1) is 23.5. The normalized spacial score (nSPS) is 15.5. The first-order valence-corrected chi connectivity index (χ1v) is 12.6. The molecule has 0 radical (unpaired) electrons. The van der Waals surface area contributed by atoms with Gasteiger partial charge in [0.25, 0.3) is 0 Å². The summed E-state index contributed by atoms with van der Waals surface area (Å²) in [5.74, 6) is 1.05. The summed E-state index contributed by atoms with van der Waals surface area (Å²) in [5, 5.41) is 3.61. The number of anilines is 2. The summed E-state index contributed by atoms with van der Waals surface area (Å²) in [7, 11) is -1.63. The lowest BCUT2D eigenvalue weighted by molar-refractivity contribution is 0.181. The number of fused-ring (bicyclic) bond motifs is 1. The average molecular weight is 495 g/mol. The summed E-state index contributed by atoms with van der Waals surface area (Å²) in [6, 6.07) is 8.17. The van der Waals surface area contributed by atoms with Crippen LogP contribution in [0.3, 0.4) is 0 Å². The summed E-state index contributed by atoms with van der Waals surface area (Å²) >= 11 is 5.89. The van der Waals surface area contributed by atoms with Gasteiger partial charge in [-0.2, -0.15) is 0 Å². The second kappa shape index (κ2) is 9.66. The molecule has 4 rings (SSSR count). The minimum atomic E-state index is -3.17. The van der Waals surface area contributed by atoms with Crippen molar-refractivity contribution in [3.05, 3.63) is 47.5 Å². The van der Waals surface area contributed by atoms with E-state index in [0.717, 1.165) is 0 Å². The first-order chi connectivity index (χ1) is 15.8. The van der Waals surface area contributed by atoms with Gasteiger partial charge in [-0.1, -0.05) is 17.7 Å². The van der Waals surface area contributed by atoms with E-state index in [0.29, 0.717) is 60.8 Å². The summed E-state index contributed by atoms with van der Waals surface area (Å²) < 4.78 is 50.9. The summed E-state index contributed by atoms with van der Waals surface area (Å²) in [6.45, 7) is 1.38. The number of nitrogens with zero attached hydrogens (tertiary/aromatic N) is 3. The van der Waals surface area contributed by atoms with E-state index in [1.807, 2.05) is 0 Å². The van der Waals surface area contributed by atoms with E-state index in [2.05, 4.69) is 15.3 Å². The van der Waals surface area contributed by atoms with Gasteiger partial charge in [-0.25, -0.2) is 27.1 Å². The van der Waals surface area contributed by atoms with Crippen molar-refractivity contribution in [3.8, 4) is 11.5 Å². The molecule has 33 heavy (non-hydrogen) atoms. The number of piperidine rings is 1. The number of ether oxygens (including phenoxy) is 2. The molecule has 0 amide bonds. The molecule has 0 atom stereocenters. The zero-order chi connectivity index (χ0) is 23.6. The van der Waals surface area contributed by atoms with Crippen LogP contribution in [0.25, 0.3) is 10.9 Å². The van der Waals surface area contributed by atoms with Crippen LogP contribution < -0.4 is 14.8 Å². The monoisotopic (exact) mass is 494 g/mol. The quantitative estimate of drug-likeness (QED) is 0.525. The third-order valence-corrected chi connectivity index (χ3v) is 7.24.